The van der Waals surface area contributed by atoms with Crippen LogP contribution < -0.4 is 0 Å². The normalized spacial score (nSPS) is 11.5. The predicted octanol–water partition coefficient (Wildman–Crippen LogP) is 11.8. The number of nitrogens with zero attached hydrogens (tertiary/aromatic N) is 4. The Bertz CT molecular complexity index is 2840. The Hall–Kier alpha value is -6.98. The van der Waals surface area contributed by atoms with E-state index in [-0.39, 0.29) is 0 Å². The van der Waals surface area contributed by atoms with Gasteiger partial charge in [-0.25, -0.2) is 15.0 Å². The van der Waals surface area contributed by atoms with Crippen molar-refractivity contribution in [2.24, 2.45) is 0 Å². The van der Waals surface area contributed by atoms with E-state index in [0.29, 0.717) is 17.5 Å². The van der Waals surface area contributed by atoms with Crippen molar-refractivity contribution >= 4 is 43.6 Å². The van der Waals surface area contributed by atoms with E-state index in [9.17, 15) is 0 Å². The van der Waals surface area contributed by atoms with Crippen LogP contribution in [0.15, 0.2) is 174 Å². The van der Waals surface area contributed by atoms with Gasteiger partial charge in [-0.3, -0.25) is 4.98 Å². The fourth-order valence-electron chi connectivity index (χ4n) is 7.01. The van der Waals surface area contributed by atoms with Crippen LogP contribution in [0.3, 0.4) is 0 Å². The summed E-state index contributed by atoms with van der Waals surface area (Å²) in [6.45, 7) is 0. The molecule has 0 saturated carbocycles. The minimum Gasteiger partial charge on any atom is -0.455 e. The van der Waals surface area contributed by atoms with Gasteiger partial charge in [0.1, 0.15) is 11.2 Å². The zero-order valence-electron chi connectivity index (χ0n) is 27.4. The lowest BCUT2D eigenvalue weighted by atomic mass is 9.93. The first-order valence-electron chi connectivity index (χ1n) is 17.0. The number of fused-ring (bicyclic) bond motifs is 5. The molecule has 0 unspecified atom stereocenters. The molecule has 5 nitrogen and oxygen atoms in total. The monoisotopic (exact) mass is 652 g/mol. The van der Waals surface area contributed by atoms with Crippen LogP contribution in [-0.4, -0.2) is 19.9 Å². The molecule has 0 amide bonds. The van der Waals surface area contributed by atoms with Crippen LogP contribution in [0.5, 0.6) is 0 Å². The minimum absolute atomic E-state index is 0.623. The van der Waals surface area contributed by atoms with Gasteiger partial charge in [-0.2, -0.15) is 0 Å². The molecule has 5 heteroatoms. The van der Waals surface area contributed by atoms with Gasteiger partial charge in [-0.1, -0.05) is 133 Å². The molecule has 0 aliphatic heterocycles. The Balaban J connectivity index is 1.14. The Morgan fingerprint density at radius 1 is 0.392 bits per heavy atom. The molecule has 0 bridgehead atoms. The molecule has 0 aliphatic carbocycles. The highest BCUT2D eigenvalue weighted by Gasteiger charge is 2.19. The van der Waals surface area contributed by atoms with Gasteiger partial charge in [0.15, 0.2) is 17.5 Å². The van der Waals surface area contributed by atoms with Crippen LogP contribution >= 0.6 is 0 Å². The van der Waals surface area contributed by atoms with Gasteiger partial charge < -0.3 is 4.42 Å². The van der Waals surface area contributed by atoms with E-state index in [1.165, 1.54) is 10.8 Å². The molecule has 0 spiro atoms. The lowest BCUT2D eigenvalue weighted by Gasteiger charge is -2.11. The number of hydrogen-bond acceptors (Lipinski definition) is 5. The quantitative estimate of drug-likeness (QED) is 0.185. The van der Waals surface area contributed by atoms with Crippen molar-refractivity contribution in [2.75, 3.05) is 0 Å². The molecule has 0 N–H and O–H groups in total. The van der Waals surface area contributed by atoms with Crippen molar-refractivity contribution in [2.45, 2.75) is 0 Å². The fourth-order valence-corrected chi connectivity index (χ4v) is 7.01. The molecule has 0 fully saturated rings. The molecule has 10 aromatic rings. The average Bonchev–Trinajstić information content (AvgIpc) is 3.58. The van der Waals surface area contributed by atoms with Gasteiger partial charge in [0, 0.05) is 44.6 Å². The van der Waals surface area contributed by atoms with Crippen molar-refractivity contribution in [3.8, 4) is 56.4 Å². The summed E-state index contributed by atoms with van der Waals surface area (Å²) >= 11 is 0. The Morgan fingerprint density at radius 2 is 0.961 bits per heavy atom. The molecule has 7 aromatic carbocycles. The zero-order chi connectivity index (χ0) is 33.7. The van der Waals surface area contributed by atoms with Gasteiger partial charge in [-0.05, 0) is 57.8 Å². The van der Waals surface area contributed by atoms with Crippen LogP contribution in [0, 0.1) is 0 Å². The number of hydrogen-bond donors (Lipinski definition) is 0. The molecule has 0 saturated heterocycles. The van der Waals surface area contributed by atoms with E-state index < -0.39 is 0 Å². The van der Waals surface area contributed by atoms with Crippen molar-refractivity contribution in [3.63, 3.8) is 0 Å². The summed E-state index contributed by atoms with van der Waals surface area (Å²) in [6, 6.07) is 56.3. The first kappa shape index (κ1) is 29.0. The molecule has 3 heterocycles. The van der Waals surface area contributed by atoms with Gasteiger partial charge in [-0.15, -0.1) is 0 Å². The Morgan fingerprint density at radius 3 is 1.67 bits per heavy atom. The highest BCUT2D eigenvalue weighted by Crippen LogP contribution is 2.43. The van der Waals surface area contributed by atoms with E-state index in [0.717, 1.165) is 71.8 Å². The minimum atomic E-state index is 0.623. The van der Waals surface area contributed by atoms with Crippen molar-refractivity contribution in [3.05, 3.63) is 170 Å². The second-order valence-corrected chi connectivity index (χ2v) is 12.7. The maximum absolute atomic E-state index is 6.77. The molecule has 238 valence electrons. The standard InChI is InChI=1S/C46H28N4O/c1-3-11-31(12-4-1)44-48-45(32-13-5-2-6-14-32)50-46(49-44)33-20-18-30(19-21-33)37-23-24-38(35-22-17-29-10-7-8-15-34(29)26-35)43-42(37)39-28-40-36(16-9-25-47-40)27-41(39)51-43/h1-28H. The third-order valence-corrected chi connectivity index (χ3v) is 9.56. The van der Waals surface area contributed by atoms with E-state index in [1.54, 1.807) is 0 Å². The zero-order valence-corrected chi connectivity index (χ0v) is 27.4. The molecule has 0 atom stereocenters. The molecule has 0 aliphatic rings. The first-order valence-corrected chi connectivity index (χ1v) is 17.0. The smallest absolute Gasteiger partial charge is 0.164 e. The SMILES string of the molecule is c1ccc(-c2nc(-c3ccccc3)nc(-c3ccc(-c4ccc(-c5ccc6ccccc6c5)c5oc6cc7cccnc7cc6c45)cc3)n2)cc1. The molecule has 10 rings (SSSR count). The maximum atomic E-state index is 6.77. The summed E-state index contributed by atoms with van der Waals surface area (Å²) in [5, 5.41) is 5.55. The number of aromatic nitrogens is 4. The summed E-state index contributed by atoms with van der Waals surface area (Å²) in [5.74, 6) is 1.90. The van der Waals surface area contributed by atoms with Crippen LogP contribution in [0.4, 0.5) is 0 Å². The van der Waals surface area contributed by atoms with Crippen LogP contribution in [-0.2, 0) is 0 Å². The third kappa shape index (κ3) is 5.11. The predicted molar refractivity (Wildman–Crippen MR) is 207 cm³/mol. The lowest BCUT2D eigenvalue weighted by Crippen LogP contribution is -2.00. The average molecular weight is 653 g/mol. The topological polar surface area (TPSA) is 64.7 Å². The van der Waals surface area contributed by atoms with Gasteiger partial charge in [0.25, 0.3) is 0 Å². The van der Waals surface area contributed by atoms with Crippen molar-refractivity contribution in [1.82, 2.24) is 19.9 Å². The Labute approximate surface area is 293 Å². The van der Waals surface area contributed by atoms with E-state index in [2.05, 4.69) is 102 Å². The number of rotatable bonds is 5. The highest BCUT2D eigenvalue weighted by molar-refractivity contribution is 6.18. The Kier molecular flexibility index (Phi) is 6.74. The molecule has 51 heavy (non-hydrogen) atoms. The van der Waals surface area contributed by atoms with Crippen LogP contribution in [0.2, 0.25) is 0 Å². The van der Waals surface area contributed by atoms with Crippen LogP contribution in [0.25, 0.3) is 100 Å². The summed E-state index contributed by atoms with van der Waals surface area (Å²) in [5.41, 5.74) is 9.74. The third-order valence-electron chi connectivity index (χ3n) is 9.56. The molecule has 3 aromatic heterocycles. The number of furan rings is 1. The summed E-state index contributed by atoms with van der Waals surface area (Å²) in [4.78, 5) is 19.4. The number of benzene rings is 7. The largest absolute Gasteiger partial charge is 0.455 e. The first-order chi connectivity index (χ1) is 25.2. The van der Waals surface area contributed by atoms with E-state index in [4.69, 9.17) is 19.4 Å². The lowest BCUT2D eigenvalue weighted by molar-refractivity contribution is 0.670. The second-order valence-electron chi connectivity index (χ2n) is 12.7. The second kappa shape index (κ2) is 11.9. The van der Waals surface area contributed by atoms with E-state index in [1.807, 2.05) is 72.9 Å². The maximum Gasteiger partial charge on any atom is 0.164 e. The molecular formula is C46H28N4O. The van der Waals surface area contributed by atoms with Crippen LogP contribution in [0.1, 0.15) is 0 Å². The fraction of sp³-hybridized carbons (Fsp3) is 0. The number of pyridine rings is 1. The van der Waals surface area contributed by atoms with E-state index >= 15 is 0 Å². The van der Waals surface area contributed by atoms with Crippen molar-refractivity contribution in [1.29, 1.82) is 0 Å². The van der Waals surface area contributed by atoms with Crippen molar-refractivity contribution < 1.29 is 4.42 Å². The van der Waals surface area contributed by atoms with Gasteiger partial charge in [0.2, 0.25) is 0 Å². The highest BCUT2D eigenvalue weighted by atomic mass is 16.3. The summed E-state index contributed by atoms with van der Waals surface area (Å²) in [7, 11) is 0. The summed E-state index contributed by atoms with van der Waals surface area (Å²) < 4.78 is 6.77. The van der Waals surface area contributed by atoms with Gasteiger partial charge >= 0.3 is 0 Å². The molecular weight excluding hydrogens is 625 g/mol. The summed E-state index contributed by atoms with van der Waals surface area (Å²) in [6.07, 6.45) is 1.84. The van der Waals surface area contributed by atoms with Gasteiger partial charge in [0.05, 0.1) is 5.52 Å². The molecule has 0 radical (unpaired) electrons.